The van der Waals surface area contributed by atoms with Gasteiger partial charge in [-0.2, -0.15) is 0 Å². The van der Waals surface area contributed by atoms with Gasteiger partial charge >= 0.3 is 0 Å². The molecule has 3 nitrogen and oxygen atoms in total. The highest BCUT2D eigenvalue weighted by Gasteiger charge is 2.47. The van der Waals surface area contributed by atoms with Gasteiger partial charge in [-0.05, 0) is 24.8 Å². The van der Waals surface area contributed by atoms with E-state index in [4.69, 9.17) is 0 Å². The van der Waals surface area contributed by atoms with Gasteiger partial charge in [-0.25, -0.2) is 0 Å². The molecule has 1 aliphatic heterocycles. The van der Waals surface area contributed by atoms with Gasteiger partial charge in [0.05, 0.1) is 0 Å². The summed E-state index contributed by atoms with van der Waals surface area (Å²) in [6.07, 6.45) is 5.81. The van der Waals surface area contributed by atoms with Crippen molar-refractivity contribution in [2.45, 2.75) is 26.7 Å². The molecule has 0 aromatic heterocycles. The number of ketones is 1. The van der Waals surface area contributed by atoms with Gasteiger partial charge in [-0.1, -0.05) is 19.9 Å². The third-order valence-electron chi connectivity index (χ3n) is 3.21. The second-order valence-electron chi connectivity index (χ2n) is 3.92. The standard InChI is InChI=1S/C12H17NO2/c1-4-6-9(3)12(5-2)10(14)7-8-13-11(12)15/h4,7-9H,1,5-6H2,2-3H3,(H,13,15). The third kappa shape index (κ3) is 1.74. The lowest BCUT2D eigenvalue weighted by molar-refractivity contribution is -0.143. The molecule has 82 valence electrons. The fourth-order valence-electron chi connectivity index (χ4n) is 2.18. The summed E-state index contributed by atoms with van der Waals surface area (Å²) in [6, 6.07) is 0. The monoisotopic (exact) mass is 207 g/mol. The highest BCUT2D eigenvalue weighted by Crippen LogP contribution is 2.37. The number of hydrogen-bond acceptors (Lipinski definition) is 2. The molecule has 0 bridgehead atoms. The first kappa shape index (κ1) is 11.7. The fourth-order valence-corrected chi connectivity index (χ4v) is 2.18. The summed E-state index contributed by atoms with van der Waals surface area (Å²) in [7, 11) is 0. The van der Waals surface area contributed by atoms with E-state index in [2.05, 4.69) is 11.9 Å². The Morgan fingerprint density at radius 3 is 2.73 bits per heavy atom. The second kappa shape index (κ2) is 4.43. The molecule has 0 aliphatic carbocycles. The highest BCUT2D eigenvalue weighted by molar-refractivity contribution is 6.13. The average molecular weight is 207 g/mol. The van der Waals surface area contributed by atoms with Crippen LogP contribution >= 0.6 is 0 Å². The SMILES string of the molecule is C=CCC(C)C1(CC)C(=O)C=CNC1=O. The predicted molar refractivity (Wildman–Crippen MR) is 59.0 cm³/mol. The Balaban J connectivity index is 3.10. The molecule has 3 heteroatoms. The largest absolute Gasteiger partial charge is 0.332 e. The van der Waals surface area contributed by atoms with Crippen molar-refractivity contribution in [3.05, 3.63) is 24.9 Å². The quantitative estimate of drug-likeness (QED) is 0.564. The number of nitrogens with one attached hydrogen (secondary N) is 1. The topological polar surface area (TPSA) is 46.2 Å². The molecule has 1 heterocycles. The summed E-state index contributed by atoms with van der Waals surface area (Å²) >= 11 is 0. The van der Waals surface area contributed by atoms with Crippen molar-refractivity contribution in [3.63, 3.8) is 0 Å². The number of carbonyl (C=O) groups is 2. The van der Waals surface area contributed by atoms with E-state index in [1.54, 1.807) is 6.08 Å². The Morgan fingerprint density at radius 1 is 1.60 bits per heavy atom. The van der Waals surface area contributed by atoms with Crippen molar-refractivity contribution in [1.29, 1.82) is 0 Å². The molecule has 0 aromatic carbocycles. The van der Waals surface area contributed by atoms with Crippen LogP contribution in [0.2, 0.25) is 0 Å². The Morgan fingerprint density at radius 2 is 2.27 bits per heavy atom. The number of allylic oxidation sites excluding steroid dienone is 2. The van der Waals surface area contributed by atoms with E-state index in [1.807, 2.05) is 13.8 Å². The number of amides is 1. The summed E-state index contributed by atoms with van der Waals surface area (Å²) in [5.74, 6) is -0.299. The molecule has 0 saturated carbocycles. The van der Waals surface area contributed by atoms with E-state index >= 15 is 0 Å². The van der Waals surface area contributed by atoms with Gasteiger partial charge in [0.1, 0.15) is 5.41 Å². The van der Waals surface area contributed by atoms with Gasteiger partial charge in [0, 0.05) is 6.20 Å². The number of carbonyl (C=O) groups excluding carboxylic acids is 2. The smallest absolute Gasteiger partial charge is 0.238 e. The van der Waals surface area contributed by atoms with Gasteiger partial charge < -0.3 is 5.32 Å². The maximum Gasteiger partial charge on any atom is 0.238 e. The first-order valence-corrected chi connectivity index (χ1v) is 5.22. The molecule has 0 radical (unpaired) electrons. The van der Waals surface area contributed by atoms with Crippen molar-refractivity contribution in [2.24, 2.45) is 11.3 Å². The van der Waals surface area contributed by atoms with Crippen LogP contribution in [0.3, 0.4) is 0 Å². The van der Waals surface area contributed by atoms with Gasteiger partial charge in [-0.15, -0.1) is 6.58 Å². The molecule has 1 amide bonds. The number of hydrogen-bond donors (Lipinski definition) is 1. The van der Waals surface area contributed by atoms with Crippen molar-refractivity contribution >= 4 is 11.7 Å². The number of rotatable bonds is 4. The molecular weight excluding hydrogens is 190 g/mol. The van der Waals surface area contributed by atoms with E-state index in [1.165, 1.54) is 12.3 Å². The van der Waals surface area contributed by atoms with Crippen LogP contribution in [0.1, 0.15) is 26.7 Å². The molecular formula is C12H17NO2. The van der Waals surface area contributed by atoms with Crippen LogP contribution < -0.4 is 5.32 Å². The highest BCUT2D eigenvalue weighted by atomic mass is 16.2. The van der Waals surface area contributed by atoms with Crippen LogP contribution in [0.5, 0.6) is 0 Å². The normalized spacial score (nSPS) is 27.3. The van der Waals surface area contributed by atoms with E-state index in [0.29, 0.717) is 12.8 Å². The molecule has 15 heavy (non-hydrogen) atoms. The molecule has 2 atom stereocenters. The van der Waals surface area contributed by atoms with E-state index < -0.39 is 5.41 Å². The Kier molecular flexibility index (Phi) is 3.45. The molecule has 0 saturated heterocycles. The minimum Gasteiger partial charge on any atom is -0.332 e. The molecule has 1 rings (SSSR count). The average Bonchev–Trinajstić information content (AvgIpc) is 2.19. The third-order valence-corrected chi connectivity index (χ3v) is 3.21. The van der Waals surface area contributed by atoms with Crippen LogP contribution in [0.4, 0.5) is 0 Å². The van der Waals surface area contributed by atoms with Crippen LogP contribution in [-0.4, -0.2) is 11.7 Å². The summed E-state index contributed by atoms with van der Waals surface area (Å²) in [5.41, 5.74) is -0.900. The van der Waals surface area contributed by atoms with Gasteiger partial charge in [0.2, 0.25) is 5.91 Å². The van der Waals surface area contributed by atoms with E-state index in [9.17, 15) is 9.59 Å². The van der Waals surface area contributed by atoms with Crippen LogP contribution in [0.15, 0.2) is 24.9 Å². The van der Waals surface area contributed by atoms with E-state index in [0.717, 1.165) is 0 Å². The van der Waals surface area contributed by atoms with Crippen LogP contribution in [0, 0.1) is 11.3 Å². The lowest BCUT2D eigenvalue weighted by Crippen LogP contribution is -2.51. The first-order valence-electron chi connectivity index (χ1n) is 5.22. The minimum absolute atomic E-state index is 0.0163. The second-order valence-corrected chi connectivity index (χ2v) is 3.92. The lowest BCUT2D eigenvalue weighted by atomic mass is 9.68. The van der Waals surface area contributed by atoms with Crippen molar-refractivity contribution < 1.29 is 9.59 Å². The maximum absolute atomic E-state index is 11.9. The summed E-state index contributed by atoms with van der Waals surface area (Å²) in [6.45, 7) is 7.44. The fraction of sp³-hybridized carbons (Fsp3) is 0.500. The molecule has 0 spiro atoms. The molecule has 0 aromatic rings. The maximum atomic E-state index is 11.9. The Bertz CT molecular complexity index is 320. The van der Waals surface area contributed by atoms with Crippen LogP contribution in [-0.2, 0) is 9.59 Å². The van der Waals surface area contributed by atoms with Crippen molar-refractivity contribution in [3.8, 4) is 0 Å². The minimum atomic E-state index is -0.900. The van der Waals surface area contributed by atoms with Crippen molar-refractivity contribution in [2.75, 3.05) is 0 Å². The Labute approximate surface area is 90.2 Å². The first-order chi connectivity index (χ1) is 7.09. The zero-order valence-corrected chi connectivity index (χ0v) is 9.25. The van der Waals surface area contributed by atoms with Gasteiger partial charge in [0.25, 0.3) is 0 Å². The predicted octanol–water partition coefficient (Wildman–Crippen LogP) is 1.81. The summed E-state index contributed by atoms with van der Waals surface area (Å²) in [4.78, 5) is 23.7. The van der Waals surface area contributed by atoms with Gasteiger partial charge in [-0.3, -0.25) is 9.59 Å². The molecule has 1 aliphatic rings. The lowest BCUT2D eigenvalue weighted by Gasteiger charge is -2.35. The van der Waals surface area contributed by atoms with Crippen LogP contribution in [0.25, 0.3) is 0 Å². The zero-order chi connectivity index (χ0) is 11.5. The Hall–Kier alpha value is -1.38. The van der Waals surface area contributed by atoms with Gasteiger partial charge in [0.15, 0.2) is 5.78 Å². The molecule has 1 N–H and O–H groups in total. The van der Waals surface area contributed by atoms with E-state index in [-0.39, 0.29) is 17.6 Å². The summed E-state index contributed by atoms with van der Waals surface area (Å²) < 4.78 is 0. The summed E-state index contributed by atoms with van der Waals surface area (Å²) in [5, 5.41) is 2.62. The van der Waals surface area contributed by atoms with Crippen molar-refractivity contribution in [1.82, 2.24) is 5.32 Å². The molecule has 0 fully saturated rings. The zero-order valence-electron chi connectivity index (χ0n) is 9.25. The molecule has 2 unspecified atom stereocenters.